The first-order chi connectivity index (χ1) is 9.58. The lowest BCUT2D eigenvalue weighted by Gasteiger charge is -2.15. The molecule has 106 valence electrons. The Morgan fingerprint density at radius 1 is 1.20 bits per heavy atom. The van der Waals surface area contributed by atoms with E-state index in [1.165, 1.54) is 0 Å². The molecule has 0 aliphatic rings. The van der Waals surface area contributed by atoms with E-state index >= 15 is 0 Å². The van der Waals surface area contributed by atoms with Gasteiger partial charge >= 0.3 is 0 Å². The molecular weight excluding hydrogens is 252 g/mol. The summed E-state index contributed by atoms with van der Waals surface area (Å²) in [5.41, 5.74) is 8.67. The van der Waals surface area contributed by atoms with E-state index in [9.17, 15) is 4.79 Å². The highest BCUT2D eigenvalue weighted by Crippen LogP contribution is 2.20. The van der Waals surface area contributed by atoms with Crippen molar-refractivity contribution in [2.24, 2.45) is 5.73 Å². The fraction of sp³-hybridized carbons (Fsp3) is 0.312. The lowest BCUT2D eigenvalue weighted by Crippen LogP contribution is -2.29. The number of ether oxygens (including phenoxy) is 1. The second kappa shape index (κ2) is 5.92. The molecule has 1 aromatic carbocycles. The number of aryl methyl sites for hydroxylation is 1. The van der Waals surface area contributed by atoms with Crippen LogP contribution < -0.4 is 16.0 Å². The molecule has 0 amide bonds. The molecule has 0 spiro atoms. The van der Waals surface area contributed by atoms with Crippen LogP contribution in [0.2, 0.25) is 0 Å². The molecule has 2 rings (SSSR count). The summed E-state index contributed by atoms with van der Waals surface area (Å²) < 4.78 is 6.86. The van der Waals surface area contributed by atoms with Gasteiger partial charge in [-0.15, -0.1) is 0 Å². The second-order valence-corrected chi connectivity index (χ2v) is 4.73. The SMILES string of the molecule is CCn1c(C)ccc(C(N)c2ccc(OC)cc2)c1=O. The van der Waals surface area contributed by atoms with Crippen LogP contribution in [0, 0.1) is 6.92 Å². The van der Waals surface area contributed by atoms with Gasteiger partial charge in [-0.25, -0.2) is 0 Å². The minimum absolute atomic E-state index is 0.0178. The van der Waals surface area contributed by atoms with Crippen LogP contribution in [0.4, 0.5) is 0 Å². The van der Waals surface area contributed by atoms with Crippen molar-refractivity contribution in [2.75, 3.05) is 7.11 Å². The van der Waals surface area contributed by atoms with Crippen LogP contribution in [0.25, 0.3) is 0 Å². The molecule has 0 saturated heterocycles. The Morgan fingerprint density at radius 2 is 1.85 bits per heavy atom. The van der Waals surface area contributed by atoms with Crippen molar-refractivity contribution >= 4 is 0 Å². The summed E-state index contributed by atoms with van der Waals surface area (Å²) >= 11 is 0. The zero-order chi connectivity index (χ0) is 14.7. The number of nitrogens with two attached hydrogens (primary N) is 1. The Balaban J connectivity index is 2.42. The summed E-state index contributed by atoms with van der Waals surface area (Å²) in [5.74, 6) is 0.774. The minimum Gasteiger partial charge on any atom is -0.497 e. The van der Waals surface area contributed by atoms with Gasteiger partial charge in [0.2, 0.25) is 0 Å². The van der Waals surface area contributed by atoms with Crippen molar-refractivity contribution in [3.8, 4) is 5.75 Å². The van der Waals surface area contributed by atoms with Crippen LogP contribution in [0.5, 0.6) is 5.75 Å². The first kappa shape index (κ1) is 14.3. The van der Waals surface area contributed by atoms with Gasteiger partial charge in [0.25, 0.3) is 5.56 Å². The molecule has 1 atom stereocenters. The highest BCUT2D eigenvalue weighted by molar-refractivity contribution is 5.34. The predicted molar refractivity (Wildman–Crippen MR) is 80.1 cm³/mol. The highest BCUT2D eigenvalue weighted by Gasteiger charge is 2.14. The molecule has 2 aromatic rings. The number of methoxy groups -OCH3 is 1. The van der Waals surface area contributed by atoms with Gasteiger partial charge in [0, 0.05) is 17.8 Å². The van der Waals surface area contributed by atoms with Crippen LogP contribution in [0.3, 0.4) is 0 Å². The highest BCUT2D eigenvalue weighted by atomic mass is 16.5. The Bertz CT molecular complexity index is 645. The zero-order valence-corrected chi connectivity index (χ0v) is 12.1. The van der Waals surface area contributed by atoms with Crippen molar-refractivity contribution in [3.63, 3.8) is 0 Å². The van der Waals surface area contributed by atoms with Crippen LogP contribution in [-0.2, 0) is 6.54 Å². The van der Waals surface area contributed by atoms with Crippen LogP contribution in [-0.4, -0.2) is 11.7 Å². The molecule has 0 aliphatic carbocycles. The Labute approximate surface area is 118 Å². The molecule has 0 fully saturated rings. The molecule has 0 aliphatic heterocycles. The smallest absolute Gasteiger partial charge is 0.255 e. The molecule has 1 unspecified atom stereocenters. The maximum Gasteiger partial charge on any atom is 0.255 e. The number of pyridine rings is 1. The maximum absolute atomic E-state index is 12.4. The molecule has 0 bridgehead atoms. The van der Waals surface area contributed by atoms with E-state index in [2.05, 4.69) is 0 Å². The molecule has 0 radical (unpaired) electrons. The van der Waals surface area contributed by atoms with Gasteiger partial charge in [-0.2, -0.15) is 0 Å². The molecule has 1 aromatic heterocycles. The van der Waals surface area contributed by atoms with Crippen LogP contribution in [0.1, 0.15) is 29.8 Å². The van der Waals surface area contributed by atoms with Gasteiger partial charge in [-0.05, 0) is 43.7 Å². The van der Waals surface area contributed by atoms with E-state index in [-0.39, 0.29) is 5.56 Å². The number of aromatic nitrogens is 1. The summed E-state index contributed by atoms with van der Waals surface area (Å²) in [4.78, 5) is 12.4. The third-order valence-electron chi connectivity index (χ3n) is 3.55. The third-order valence-corrected chi connectivity index (χ3v) is 3.55. The molecule has 4 nitrogen and oxygen atoms in total. The number of nitrogens with zero attached hydrogens (tertiary/aromatic N) is 1. The quantitative estimate of drug-likeness (QED) is 0.928. The van der Waals surface area contributed by atoms with Gasteiger partial charge in [0.05, 0.1) is 13.2 Å². The summed E-state index contributed by atoms with van der Waals surface area (Å²) in [6.45, 7) is 4.53. The summed E-state index contributed by atoms with van der Waals surface area (Å²) in [6, 6.07) is 10.8. The number of benzene rings is 1. The van der Waals surface area contributed by atoms with Gasteiger partial charge in [-0.3, -0.25) is 4.79 Å². The Morgan fingerprint density at radius 3 is 2.40 bits per heavy atom. The summed E-state index contributed by atoms with van der Waals surface area (Å²) in [7, 11) is 1.62. The van der Waals surface area contributed by atoms with Crippen molar-refractivity contribution < 1.29 is 4.74 Å². The Hall–Kier alpha value is -2.07. The molecular formula is C16H20N2O2. The number of hydrogen-bond donors (Lipinski definition) is 1. The van der Waals surface area contributed by atoms with Gasteiger partial charge in [0.15, 0.2) is 0 Å². The standard InChI is InChI=1S/C16H20N2O2/c1-4-18-11(2)5-10-14(16(18)19)15(17)12-6-8-13(20-3)9-7-12/h5-10,15H,4,17H2,1-3H3. The van der Waals surface area contributed by atoms with Gasteiger partial charge in [0.1, 0.15) is 5.75 Å². The van der Waals surface area contributed by atoms with Crippen molar-refractivity contribution in [2.45, 2.75) is 26.4 Å². The van der Waals surface area contributed by atoms with E-state index in [0.717, 1.165) is 17.0 Å². The van der Waals surface area contributed by atoms with E-state index < -0.39 is 6.04 Å². The van der Waals surface area contributed by atoms with Crippen molar-refractivity contribution in [1.82, 2.24) is 4.57 Å². The summed E-state index contributed by atoms with van der Waals surface area (Å²) in [6.07, 6.45) is 0. The largest absolute Gasteiger partial charge is 0.497 e. The topological polar surface area (TPSA) is 57.2 Å². The molecule has 4 heteroatoms. The average molecular weight is 272 g/mol. The van der Waals surface area contributed by atoms with E-state index in [1.807, 2.05) is 50.2 Å². The lowest BCUT2D eigenvalue weighted by atomic mass is 10.0. The normalized spacial score (nSPS) is 12.2. The zero-order valence-electron chi connectivity index (χ0n) is 12.1. The monoisotopic (exact) mass is 272 g/mol. The second-order valence-electron chi connectivity index (χ2n) is 4.73. The molecule has 2 N–H and O–H groups in total. The minimum atomic E-state index is -0.424. The van der Waals surface area contributed by atoms with E-state index in [1.54, 1.807) is 11.7 Å². The molecule has 20 heavy (non-hydrogen) atoms. The van der Waals surface area contributed by atoms with E-state index in [4.69, 9.17) is 10.5 Å². The van der Waals surface area contributed by atoms with Crippen LogP contribution >= 0.6 is 0 Å². The Kier molecular flexibility index (Phi) is 4.25. The molecule has 1 heterocycles. The lowest BCUT2D eigenvalue weighted by molar-refractivity contribution is 0.414. The van der Waals surface area contributed by atoms with Gasteiger partial charge < -0.3 is 15.0 Å². The average Bonchev–Trinajstić information content (AvgIpc) is 2.47. The van der Waals surface area contributed by atoms with Crippen LogP contribution in [0.15, 0.2) is 41.2 Å². The molecule has 0 saturated carbocycles. The van der Waals surface area contributed by atoms with Crippen molar-refractivity contribution in [3.05, 3.63) is 63.6 Å². The fourth-order valence-electron chi connectivity index (χ4n) is 2.31. The summed E-state index contributed by atoms with van der Waals surface area (Å²) in [5, 5.41) is 0. The number of rotatable bonds is 4. The van der Waals surface area contributed by atoms with Gasteiger partial charge in [-0.1, -0.05) is 12.1 Å². The fourth-order valence-corrected chi connectivity index (χ4v) is 2.31. The predicted octanol–water partition coefficient (Wildman–Crippen LogP) is 2.23. The van der Waals surface area contributed by atoms with Crippen molar-refractivity contribution in [1.29, 1.82) is 0 Å². The first-order valence-electron chi connectivity index (χ1n) is 6.68. The third kappa shape index (κ3) is 2.60. The first-order valence-corrected chi connectivity index (χ1v) is 6.68. The maximum atomic E-state index is 12.4. The number of hydrogen-bond acceptors (Lipinski definition) is 3. The van der Waals surface area contributed by atoms with E-state index in [0.29, 0.717) is 12.1 Å².